The first kappa shape index (κ1) is 27.2. The molecule has 0 aliphatic carbocycles. The highest BCUT2D eigenvalue weighted by atomic mass is 32.2. The predicted molar refractivity (Wildman–Crippen MR) is 134 cm³/mol. The largest absolute Gasteiger partial charge is 0.497 e. The Balaban J connectivity index is 2.13. The first-order valence-corrected chi connectivity index (χ1v) is 13.2. The summed E-state index contributed by atoms with van der Waals surface area (Å²) in [5.41, 5.74) is 1.42. The number of nitrogens with one attached hydrogen (secondary N) is 1. The zero-order chi connectivity index (χ0) is 25.1. The van der Waals surface area contributed by atoms with Crippen LogP contribution in [0.2, 0.25) is 0 Å². The highest BCUT2D eigenvalue weighted by Gasteiger charge is 2.26. The van der Waals surface area contributed by atoms with E-state index in [4.69, 9.17) is 4.74 Å². The second-order valence-corrected chi connectivity index (χ2v) is 10.0. The Hall–Kier alpha value is -3.07. The number of carbonyl (C=O) groups is 2. The molecule has 0 spiro atoms. The molecule has 0 saturated heterocycles. The van der Waals surface area contributed by atoms with Crippen molar-refractivity contribution in [2.24, 2.45) is 0 Å². The van der Waals surface area contributed by atoms with Crippen LogP contribution in [0.5, 0.6) is 5.75 Å². The fourth-order valence-corrected chi connectivity index (χ4v) is 4.47. The summed E-state index contributed by atoms with van der Waals surface area (Å²) in [4.78, 5) is 27.4. The van der Waals surface area contributed by atoms with Crippen molar-refractivity contribution in [3.05, 3.63) is 60.2 Å². The van der Waals surface area contributed by atoms with Crippen LogP contribution in [0.1, 0.15) is 38.7 Å². The molecule has 0 saturated carbocycles. The zero-order valence-electron chi connectivity index (χ0n) is 20.4. The van der Waals surface area contributed by atoms with Crippen molar-refractivity contribution < 1.29 is 22.7 Å². The molecule has 2 amide bonds. The van der Waals surface area contributed by atoms with Crippen LogP contribution in [0, 0.1) is 0 Å². The van der Waals surface area contributed by atoms with E-state index in [0.29, 0.717) is 24.4 Å². The number of para-hydroxylation sites is 1. The molecule has 0 aliphatic heterocycles. The van der Waals surface area contributed by atoms with Gasteiger partial charge in [0, 0.05) is 26.1 Å². The molecule has 2 aromatic rings. The molecule has 0 aromatic heterocycles. The number of anilines is 1. The summed E-state index contributed by atoms with van der Waals surface area (Å²) < 4.78 is 31.1. The second kappa shape index (κ2) is 13.0. The smallest absolute Gasteiger partial charge is 0.242 e. The Morgan fingerprint density at radius 1 is 1.06 bits per heavy atom. The van der Waals surface area contributed by atoms with Gasteiger partial charge in [-0.05, 0) is 49.6 Å². The average molecular weight is 490 g/mol. The van der Waals surface area contributed by atoms with Crippen LogP contribution in [0.25, 0.3) is 0 Å². The van der Waals surface area contributed by atoms with E-state index in [0.717, 1.165) is 18.2 Å². The highest BCUT2D eigenvalue weighted by Crippen LogP contribution is 2.19. The summed E-state index contributed by atoms with van der Waals surface area (Å²) >= 11 is 0. The molecular weight excluding hydrogens is 454 g/mol. The maximum absolute atomic E-state index is 13.2. The van der Waals surface area contributed by atoms with E-state index in [2.05, 4.69) is 5.32 Å². The second-order valence-electron chi connectivity index (χ2n) is 8.11. The standard InChI is InChI=1S/C25H35N3O5S/c1-5-17-26-25(30)20(2)27(19-21-13-15-23(33-3)16-14-21)24(29)12-9-18-28(34(4,31)32)22-10-7-6-8-11-22/h6-8,10-11,13-16,20H,5,9,12,17-19H2,1-4H3,(H,26,30). The minimum absolute atomic E-state index is 0.112. The summed E-state index contributed by atoms with van der Waals surface area (Å²) in [5.74, 6) is 0.277. The number of ether oxygens (including phenoxy) is 1. The number of carbonyl (C=O) groups excluding carboxylic acids is 2. The van der Waals surface area contributed by atoms with E-state index < -0.39 is 16.1 Å². The number of hydrogen-bond acceptors (Lipinski definition) is 5. The first-order valence-electron chi connectivity index (χ1n) is 11.4. The SMILES string of the molecule is CCCNC(=O)C(C)N(Cc1ccc(OC)cc1)C(=O)CCCN(c1ccccc1)S(C)(=O)=O. The van der Waals surface area contributed by atoms with Crippen LogP contribution in [0.15, 0.2) is 54.6 Å². The van der Waals surface area contributed by atoms with Crippen LogP contribution in [-0.4, -0.2) is 57.6 Å². The molecule has 0 radical (unpaired) electrons. The summed E-state index contributed by atoms with van der Waals surface area (Å²) in [5, 5.41) is 2.85. The Morgan fingerprint density at radius 2 is 1.71 bits per heavy atom. The Morgan fingerprint density at radius 3 is 2.26 bits per heavy atom. The third kappa shape index (κ3) is 8.06. The molecule has 2 rings (SSSR count). The van der Waals surface area contributed by atoms with E-state index in [1.165, 1.54) is 4.31 Å². The van der Waals surface area contributed by atoms with E-state index in [1.807, 2.05) is 37.3 Å². The topological polar surface area (TPSA) is 96.0 Å². The van der Waals surface area contributed by atoms with Gasteiger partial charge >= 0.3 is 0 Å². The fraction of sp³-hybridized carbons (Fsp3) is 0.440. The molecule has 186 valence electrons. The minimum Gasteiger partial charge on any atom is -0.497 e. The predicted octanol–water partition coefficient (Wildman–Crippen LogP) is 3.18. The number of nitrogens with zero attached hydrogens (tertiary/aromatic N) is 2. The van der Waals surface area contributed by atoms with Gasteiger partial charge in [-0.15, -0.1) is 0 Å². The molecular formula is C25H35N3O5S. The van der Waals surface area contributed by atoms with Crippen LogP contribution in [-0.2, 0) is 26.2 Å². The van der Waals surface area contributed by atoms with Gasteiger partial charge in [0.2, 0.25) is 21.8 Å². The molecule has 34 heavy (non-hydrogen) atoms. The number of sulfonamides is 1. The van der Waals surface area contributed by atoms with Gasteiger partial charge in [0.05, 0.1) is 19.1 Å². The van der Waals surface area contributed by atoms with Crippen molar-refractivity contribution in [3.63, 3.8) is 0 Å². The lowest BCUT2D eigenvalue weighted by atomic mass is 10.1. The lowest BCUT2D eigenvalue weighted by molar-refractivity contribution is -0.140. The van der Waals surface area contributed by atoms with Crippen molar-refractivity contribution in [3.8, 4) is 5.75 Å². The maximum Gasteiger partial charge on any atom is 0.242 e. The van der Waals surface area contributed by atoms with Crippen LogP contribution in [0.4, 0.5) is 5.69 Å². The molecule has 1 atom stereocenters. The van der Waals surface area contributed by atoms with Crippen molar-refractivity contribution in [2.45, 2.75) is 45.7 Å². The summed E-state index contributed by atoms with van der Waals surface area (Å²) in [6, 6.07) is 15.5. The number of amides is 2. The first-order chi connectivity index (χ1) is 16.2. The summed E-state index contributed by atoms with van der Waals surface area (Å²) in [7, 11) is -1.92. The maximum atomic E-state index is 13.2. The van der Waals surface area contributed by atoms with E-state index in [-0.39, 0.29) is 31.3 Å². The summed E-state index contributed by atoms with van der Waals surface area (Å²) in [6.07, 6.45) is 2.38. The van der Waals surface area contributed by atoms with Gasteiger partial charge in [-0.2, -0.15) is 0 Å². The number of hydrogen-bond donors (Lipinski definition) is 1. The third-order valence-electron chi connectivity index (χ3n) is 5.42. The lowest BCUT2D eigenvalue weighted by Crippen LogP contribution is -2.47. The third-order valence-corrected chi connectivity index (χ3v) is 6.62. The Kier molecular flexibility index (Phi) is 10.4. The molecule has 1 unspecified atom stereocenters. The van der Waals surface area contributed by atoms with Gasteiger partial charge in [0.25, 0.3) is 0 Å². The summed E-state index contributed by atoms with van der Waals surface area (Å²) in [6.45, 7) is 4.64. The molecule has 0 heterocycles. The van der Waals surface area contributed by atoms with Gasteiger partial charge in [-0.1, -0.05) is 37.3 Å². The van der Waals surface area contributed by atoms with Gasteiger partial charge in [-0.3, -0.25) is 13.9 Å². The molecule has 2 aromatic carbocycles. The van der Waals surface area contributed by atoms with Gasteiger partial charge < -0.3 is 15.0 Å². The fourth-order valence-electron chi connectivity index (χ4n) is 3.50. The molecule has 8 nitrogen and oxygen atoms in total. The monoisotopic (exact) mass is 489 g/mol. The van der Waals surface area contributed by atoms with Crippen LogP contribution >= 0.6 is 0 Å². The van der Waals surface area contributed by atoms with Crippen LogP contribution < -0.4 is 14.4 Å². The van der Waals surface area contributed by atoms with Crippen LogP contribution in [0.3, 0.4) is 0 Å². The van der Waals surface area contributed by atoms with E-state index >= 15 is 0 Å². The number of benzene rings is 2. The van der Waals surface area contributed by atoms with Crippen molar-refractivity contribution >= 4 is 27.5 Å². The minimum atomic E-state index is -3.50. The van der Waals surface area contributed by atoms with E-state index in [1.54, 1.807) is 43.2 Å². The molecule has 1 N–H and O–H groups in total. The van der Waals surface area contributed by atoms with Crippen molar-refractivity contribution in [2.75, 3.05) is 30.8 Å². The quantitative estimate of drug-likeness (QED) is 0.466. The zero-order valence-corrected chi connectivity index (χ0v) is 21.2. The molecule has 0 aliphatic rings. The lowest BCUT2D eigenvalue weighted by Gasteiger charge is -2.29. The molecule has 0 fully saturated rings. The Labute approximate surface area is 202 Å². The van der Waals surface area contributed by atoms with Crippen molar-refractivity contribution in [1.29, 1.82) is 0 Å². The van der Waals surface area contributed by atoms with Gasteiger partial charge in [0.15, 0.2) is 0 Å². The van der Waals surface area contributed by atoms with Crippen molar-refractivity contribution in [1.82, 2.24) is 10.2 Å². The normalized spacial score (nSPS) is 12.0. The number of methoxy groups -OCH3 is 1. The van der Waals surface area contributed by atoms with E-state index in [9.17, 15) is 18.0 Å². The molecule has 0 bridgehead atoms. The van der Waals surface area contributed by atoms with Gasteiger partial charge in [-0.25, -0.2) is 8.42 Å². The van der Waals surface area contributed by atoms with Gasteiger partial charge in [0.1, 0.15) is 11.8 Å². The molecule has 9 heteroatoms. The average Bonchev–Trinajstić information content (AvgIpc) is 2.83. The number of rotatable bonds is 13. The highest BCUT2D eigenvalue weighted by molar-refractivity contribution is 7.92. The Bertz CT molecular complexity index is 1030.